The zero-order chi connectivity index (χ0) is 18.3. The summed E-state index contributed by atoms with van der Waals surface area (Å²) in [7, 11) is -3.68. The van der Waals surface area contributed by atoms with Gasteiger partial charge in [-0.25, -0.2) is 12.4 Å². The van der Waals surface area contributed by atoms with Crippen LogP contribution in [-0.4, -0.2) is 19.0 Å². The molecule has 0 aliphatic rings. The van der Waals surface area contributed by atoms with Crippen molar-refractivity contribution < 1.29 is 13.2 Å². The highest BCUT2D eigenvalue weighted by molar-refractivity contribution is 7.90. The highest BCUT2D eigenvalue weighted by Crippen LogP contribution is 2.31. The Kier molecular flexibility index (Phi) is 3.96. The highest BCUT2D eigenvalue weighted by Gasteiger charge is 2.20. The molecular formula is C21H19NO3S. The van der Waals surface area contributed by atoms with Crippen LogP contribution in [0.2, 0.25) is 0 Å². The Hall–Kier alpha value is -2.79. The molecule has 5 heteroatoms. The van der Waals surface area contributed by atoms with E-state index in [-0.39, 0.29) is 4.90 Å². The zero-order valence-electron chi connectivity index (χ0n) is 14.6. The van der Waals surface area contributed by atoms with Crippen molar-refractivity contribution in [3.8, 4) is 5.75 Å². The molecule has 4 nitrogen and oxygen atoms in total. The largest absolute Gasteiger partial charge is 0.494 e. The molecule has 0 aliphatic heterocycles. The maximum atomic E-state index is 13.2. The number of hydrogen-bond donors (Lipinski definition) is 0. The first kappa shape index (κ1) is 16.7. The summed E-state index contributed by atoms with van der Waals surface area (Å²) >= 11 is 0. The van der Waals surface area contributed by atoms with Crippen LogP contribution >= 0.6 is 0 Å². The Morgan fingerprint density at radius 1 is 0.962 bits per heavy atom. The van der Waals surface area contributed by atoms with Crippen LogP contribution in [0.25, 0.3) is 21.7 Å². The molecule has 0 saturated heterocycles. The summed E-state index contributed by atoms with van der Waals surface area (Å²) in [6, 6.07) is 18.4. The normalized spacial score (nSPS) is 11.9. The summed E-state index contributed by atoms with van der Waals surface area (Å²) in [5.41, 5.74) is 1.59. The molecule has 26 heavy (non-hydrogen) atoms. The lowest BCUT2D eigenvalue weighted by Gasteiger charge is -2.11. The number of rotatable bonds is 4. The molecule has 0 fully saturated rings. The third kappa shape index (κ3) is 2.56. The van der Waals surface area contributed by atoms with Crippen LogP contribution in [0, 0.1) is 6.92 Å². The monoisotopic (exact) mass is 365 g/mol. The van der Waals surface area contributed by atoms with Gasteiger partial charge in [0.05, 0.1) is 17.0 Å². The van der Waals surface area contributed by atoms with Gasteiger partial charge in [-0.1, -0.05) is 30.3 Å². The number of nitrogens with zero attached hydrogens (tertiary/aromatic N) is 1. The number of hydrogen-bond acceptors (Lipinski definition) is 3. The average Bonchev–Trinajstić information content (AvgIpc) is 3.09. The van der Waals surface area contributed by atoms with Gasteiger partial charge in [0.15, 0.2) is 0 Å². The lowest BCUT2D eigenvalue weighted by molar-refractivity contribution is 0.338. The minimum absolute atomic E-state index is 0.278. The molecule has 0 atom stereocenters. The second kappa shape index (κ2) is 6.18. The van der Waals surface area contributed by atoms with Gasteiger partial charge in [0.25, 0.3) is 10.0 Å². The minimum atomic E-state index is -3.68. The fourth-order valence-electron chi connectivity index (χ4n) is 3.28. The van der Waals surface area contributed by atoms with Gasteiger partial charge >= 0.3 is 0 Å². The van der Waals surface area contributed by atoms with Crippen LogP contribution in [0.1, 0.15) is 12.5 Å². The molecule has 0 bridgehead atoms. The second-order valence-corrected chi connectivity index (χ2v) is 7.99. The molecule has 1 heterocycles. The molecule has 4 aromatic rings. The van der Waals surface area contributed by atoms with E-state index >= 15 is 0 Å². The van der Waals surface area contributed by atoms with Crippen molar-refractivity contribution in [2.24, 2.45) is 0 Å². The van der Waals surface area contributed by atoms with E-state index in [4.69, 9.17) is 4.74 Å². The summed E-state index contributed by atoms with van der Waals surface area (Å²) in [4.78, 5) is 0.278. The predicted octanol–water partition coefficient (Wildman–Crippen LogP) is 4.74. The molecule has 0 radical (unpaired) electrons. The van der Waals surface area contributed by atoms with E-state index in [1.54, 1.807) is 24.4 Å². The lowest BCUT2D eigenvalue weighted by Crippen LogP contribution is -2.11. The summed E-state index contributed by atoms with van der Waals surface area (Å²) in [5, 5.41) is 2.79. The maximum Gasteiger partial charge on any atom is 0.268 e. The van der Waals surface area contributed by atoms with E-state index in [9.17, 15) is 8.42 Å². The van der Waals surface area contributed by atoms with Gasteiger partial charge in [-0.05, 0) is 55.0 Å². The van der Waals surface area contributed by atoms with Crippen LogP contribution in [0.4, 0.5) is 0 Å². The topological polar surface area (TPSA) is 48.3 Å². The number of aromatic nitrogens is 1. The number of benzene rings is 3. The quantitative estimate of drug-likeness (QED) is 0.525. The van der Waals surface area contributed by atoms with Gasteiger partial charge in [-0.3, -0.25) is 0 Å². The summed E-state index contributed by atoms with van der Waals surface area (Å²) < 4.78 is 33.4. The van der Waals surface area contributed by atoms with Crippen LogP contribution in [-0.2, 0) is 10.0 Å². The van der Waals surface area contributed by atoms with Gasteiger partial charge in [0.1, 0.15) is 5.75 Å². The van der Waals surface area contributed by atoms with E-state index in [2.05, 4.69) is 0 Å². The maximum absolute atomic E-state index is 13.2. The molecule has 4 rings (SSSR count). The highest BCUT2D eigenvalue weighted by atomic mass is 32.2. The van der Waals surface area contributed by atoms with E-state index in [1.807, 2.05) is 56.3 Å². The summed E-state index contributed by atoms with van der Waals surface area (Å²) in [6.45, 7) is 4.45. The average molecular weight is 365 g/mol. The number of ether oxygens (including phenoxy) is 1. The van der Waals surface area contributed by atoms with Gasteiger partial charge in [0.2, 0.25) is 0 Å². The smallest absolute Gasteiger partial charge is 0.268 e. The van der Waals surface area contributed by atoms with Crippen molar-refractivity contribution in [3.05, 3.63) is 72.4 Å². The first-order valence-electron chi connectivity index (χ1n) is 8.50. The van der Waals surface area contributed by atoms with Gasteiger partial charge in [-0.2, -0.15) is 0 Å². The third-order valence-corrected chi connectivity index (χ3v) is 6.32. The summed E-state index contributed by atoms with van der Waals surface area (Å²) in [5.74, 6) is 0.779. The summed E-state index contributed by atoms with van der Waals surface area (Å²) in [6.07, 6.45) is 1.61. The first-order chi connectivity index (χ1) is 12.5. The van der Waals surface area contributed by atoms with Crippen molar-refractivity contribution in [1.82, 2.24) is 3.97 Å². The SMILES string of the molecule is CCOc1ccc2c(ccn2S(=O)(=O)c2ccc3ccccc3c2)c1C. The molecular weight excluding hydrogens is 346 g/mol. The third-order valence-electron chi connectivity index (χ3n) is 4.63. The van der Waals surface area contributed by atoms with Crippen molar-refractivity contribution in [1.29, 1.82) is 0 Å². The van der Waals surface area contributed by atoms with Crippen molar-refractivity contribution >= 4 is 31.7 Å². The standard InChI is InChI=1S/C21H19NO3S/c1-3-25-21-11-10-20-19(15(21)2)12-13-22(20)26(23,24)18-9-8-16-6-4-5-7-17(16)14-18/h4-14H,3H2,1-2H3. The fraction of sp³-hybridized carbons (Fsp3) is 0.143. The lowest BCUT2D eigenvalue weighted by atomic mass is 10.1. The minimum Gasteiger partial charge on any atom is -0.494 e. The Balaban J connectivity index is 1.88. The van der Waals surface area contributed by atoms with E-state index < -0.39 is 10.0 Å². The van der Waals surface area contributed by atoms with E-state index in [0.29, 0.717) is 12.1 Å². The first-order valence-corrected chi connectivity index (χ1v) is 9.94. The molecule has 0 amide bonds. The molecule has 0 aliphatic carbocycles. The van der Waals surface area contributed by atoms with Gasteiger partial charge in [0, 0.05) is 17.1 Å². The van der Waals surface area contributed by atoms with E-state index in [0.717, 1.165) is 27.5 Å². The molecule has 0 N–H and O–H groups in total. The van der Waals surface area contributed by atoms with Crippen molar-refractivity contribution in [3.63, 3.8) is 0 Å². The van der Waals surface area contributed by atoms with E-state index in [1.165, 1.54) is 3.97 Å². The molecule has 0 saturated carbocycles. The molecule has 1 aromatic heterocycles. The van der Waals surface area contributed by atoms with Crippen LogP contribution in [0.3, 0.4) is 0 Å². The molecule has 3 aromatic carbocycles. The second-order valence-electron chi connectivity index (χ2n) is 6.18. The van der Waals surface area contributed by atoms with Crippen molar-refractivity contribution in [2.45, 2.75) is 18.7 Å². The molecule has 0 unspecified atom stereocenters. The predicted molar refractivity (Wildman–Crippen MR) is 104 cm³/mol. The fourth-order valence-corrected chi connectivity index (χ4v) is 4.66. The zero-order valence-corrected chi connectivity index (χ0v) is 15.5. The van der Waals surface area contributed by atoms with Gasteiger partial charge < -0.3 is 4.74 Å². The van der Waals surface area contributed by atoms with Crippen LogP contribution in [0.5, 0.6) is 5.75 Å². The number of aryl methyl sites for hydroxylation is 1. The molecule has 0 spiro atoms. The Morgan fingerprint density at radius 3 is 2.50 bits per heavy atom. The molecule has 132 valence electrons. The van der Waals surface area contributed by atoms with Crippen LogP contribution < -0.4 is 4.74 Å². The Morgan fingerprint density at radius 2 is 1.73 bits per heavy atom. The van der Waals surface area contributed by atoms with Crippen LogP contribution in [0.15, 0.2) is 71.8 Å². The number of fused-ring (bicyclic) bond motifs is 2. The Labute approximate surface area is 152 Å². The van der Waals surface area contributed by atoms with Crippen molar-refractivity contribution in [2.75, 3.05) is 6.61 Å². The van der Waals surface area contributed by atoms with Gasteiger partial charge in [-0.15, -0.1) is 0 Å². The Bertz CT molecular complexity index is 1220.